The van der Waals surface area contributed by atoms with Gasteiger partial charge >= 0.3 is 6.03 Å². The molecule has 4 heteroatoms. The van der Waals surface area contributed by atoms with E-state index < -0.39 is 0 Å². The zero-order valence-corrected chi connectivity index (χ0v) is 9.71. The standard InChI is InChI=1S/C11H22N2O2/c1-9-4-3-5-10(8-9)6-7-12-11(14)13-15-2/h9-10H,3-8H2,1-2H3,(H2,12,13,14)/t9-,10+/m1/s1. The van der Waals surface area contributed by atoms with Gasteiger partial charge in [-0.1, -0.05) is 26.2 Å². The Bertz CT molecular complexity index is 197. The van der Waals surface area contributed by atoms with Crippen LogP contribution in [0.4, 0.5) is 4.79 Å². The molecule has 0 unspecified atom stereocenters. The SMILES string of the molecule is CONC(=O)NCC[C@@H]1CCC[C@@H](C)C1. The van der Waals surface area contributed by atoms with Crippen LogP contribution in [0.25, 0.3) is 0 Å². The molecule has 1 aliphatic carbocycles. The van der Waals surface area contributed by atoms with Crippen LogP contribution in [0.1, 0.15) is 39.0 Å². The molecule has 1 aliphatic rings. The van der Waals surface area contributed by atoms with Crippen molar-refractivity contribution in [3.63, 3.8) is 0 Å². The fraction of sp³-hybridized carbons (Fsp3) is 0.909. The number of hydrogen-bond donors (Lipinski definition) is 2. The average Bonchev–Trinajstić information content (AvgIpc) is 2.18. The summed E-state index contributed by atoms with van der Waals surface area (Å²) in [6.07, 6.45) is 6.43. The van der Waals surface area contributed by atoms with Gasteiger partial charge in [0.25, 0.3) is 0 Å². The molecule has 4 nitrogen and oxygen atoms in total. The predicted octanol–water partition coefficient (Wildman–Crippen LogP) is 2.06. The highest BCUT2D eigenvalue weighted by Crippen LogP contribution is 2.30. The van der Waals surface area contributed by atoms with E-state index in [1.165, 1.54) is 32.8 Å². The van der Waals surface area contributed by atoms with Crippen molar-refractivity contribution in [2.75, 3.05) is 13.7 Å². The van der Waals surface area contributed by atoms with E-state index in [0.29, 0.717) is 0 Å². The topological polar surface area (TPSA) is 50.4 Å². The Morgan fingerprint density at radius 1 is 1.47 bits per heavy atom. The fourth-order valence-corrected chi connectivity index (χ4v) is 2.34. The minimum atomic E-state index is -0.249. The van der Waals surface area contributed by atoms with Crippen LogP contribution in [-0.4, -0.2) is 19.7 Å². The van der Waals surface area contributed by atoms with E-state index in [4.69, 9.17) is 0 Å². The highest BCUT2D eigenvalue weighted by atomic mass is 16.6. The van der Waals surface area contributed by atoms with Crippen molar-refractivity contribution in [2.45, 2.75) is 39.0 Å². The molecule has 0 aliphatic heterocycles. The molecule has 0 radical (unpaired) electrons. The number of carbonyl (C=O) groups excluding carboxylic acids is 1. The minimum Gasteiger partial charge on any atom is -0.336 e. The number of carbonyl (C=O) groups is 1. The van der Waals surface area contributed by atoms with Crippen molar-refractivity contribution in [1.29, 1.82) is 0 Å². The molecular weight excluding hydrogens is 192 g/mol. The van der Waals surface area contributed by atoms with E-state index in [1.807, 2.05) is 0 Å². The van der Waals surface area contributed by atoms with Gasteiger partial charge in [-0.3, -0.25) is 4.84 Å². The maximum absolute atomic E-state index is 11.0. The van der Waals surface area contributed by atoms with Crippen molar-refractivity contribution < 1.29 is 9.63 Å². The molecule has 0 heterocycles. The Hall–Kier alpha value is -0.770. The summed E-state index contributed by atoms with van der Waals surface area (Å²) < 4.78 is 0. The lowest BCUT2D eigenvalue weighted by Gasteiger charge is -2.26. The zero-order chi connectivity index (χ0) is 11.1. The normalized spacial score (nSPS) is 26.0. The summed E-state index contributed by atoms with van der Waals surface area (Å²) in [5.74, 6) is 1.65. The van der Waals surface area contributed by atoms with Gasteiger partial charge < -0.3 is 5.32 Å². The number of hydroxylamine groups is 1. The largest absolute Gasteiger partial charge is 0.338 e. The molecule has 1 fully saturated rings. The van der Waals surface area contributed by atoms with Gasteiger partial charge in [0.2, 0.25) is 0 Å². The van der Waals surface area contributed by atoms with Gasteiger partial charge in [-0.25, -0.2) is 10.3 Å². The summed E-state index contributed by atoms with van der Waals surface area (Å²) in [6.45, 7) is 3.06. The molecule has 0 aromatic carbocycles. The van der Waals surface area contributed by atoms with Gasteiger partial charge in [-0.15, -0.1) is 0 Å². The minimum absolute atomic E-state index is 0.249. The van der Waals surface area contributed by atoms with Gasteiger partial charge in [-0.2, -0.15) is 0 Å². The third-order valence-corrected chi connectivity index (χ3v) is 3.08. The molecule has 0 aromatic heterocycles. The highest BCUT2D eigenvalue weighted by molar-refractivity contribution is 5.72. The third kappa shape index (κ3) is 5.02. The molecule has 0 saturated heterocycles. The molecule has 0 aromatic rings. The van der Waals surface area contributed by atoms with E-state index in [1.54, 1.807) is 0 Å². The monoisotopic (exact) mass is 214 g/mol. The quantitative estimate of drug-likeness (QED) is 0.704. The Morgan fingerprint density at radius 2 is 2.27 bits per heavy atom. The predicted molar refractivity (Wildman–Crippen MR) is 59.3 cm³/mol. The van der Waals surface area contributed by atoms with Crippen molar-refractivity contribution >= 4 is 6.03 Å². The lowest BCUT2D eigenvalue weighted by atomic mass is 9.81. The summed E-state index contributed by atoms with van der Waals surface area (Å²) in [7, 11) is 1.43. The van der Waals surface area contributed by atoms with Crippen molar-refractivity contribution in [3.05, 3.63) is 0 Å². The first-order valence-corrected chi connectivity index (χ1v) is 5.79. The van der Waals surface area contributed by atoms with Gasteiger partial charge in [0.15, 0.2) is 0 Å². The second-order valence-corrected chi connectivity index (χ2v) is 4.49. The third-order valence-electron chi connectivity index (χ3n) is 3.08. The van der Waals surface area contributed by atoms with Crippen LogP contribution in [0.15, 0.2) is 0 Å². The number of nitrogens with one attached hydrogen (secondary N) is 2. The lowest BCUT2D eigenvalue weighted by Crippen LogP contribution is -2.36. The van der Waals surface area contributed by atoms with E-state index in [2.05, 4.69) is 22.6 Å². The van der Waals surface area contributed by atoms with E-state index in [0.717, 1.165) is 24.8 Å². The van der Waals surface area contributed by atoms with Gasteiger partial charge in [0, 0.05) is 6.54 Å². The number of rotatable bonds is 4. The van der Waals surface area contributed by atoms with Gasteiger partial charge in [-0.05, 0) is 24.7 Å². The van der Waals surface area contributed by atoms with Crippen LogP contribution >= 0.6 is 0 Å². The van der Waals surface area contributed by atoms with E-state index in [9.17, 15) is 4.79 Å². The van der Waals surface area contributed by atoms with Crippen molar-refractivity contribution in [1.82, 2.24) is 10.8 Å². The van der Waals surface area contributed by atoms with Crippen molar-refractivity contribution in [3.8, 4) is 0 Å². The molecule has 2 N–H and O–H groups in total. The smallest absolute Gasteiger partial charge is 0.336 e. The van der Waals surface area contributed by atoms with E-state index in [-0.39, 0.29) is 6.03 Å². The Kier molecular flexibility index (Phi) is 5.47. The first kappa shape index (κ1) is 12.3. The van der Waals surface area contributed by atoms with Crippen LogP contribution in [0.5, 0.6) is 0 Å². The lowest BCUT2D eigenvalue weighted by molar-refractivity contribution is 0.107. The summed E-state index contributed by atoms with van der Waals surface area (Å²) in [5, 5.41) is 2.77. The Morgan fingerprint density at radius 3 is 2.93 bits per heavy atom. The highest BCUT2D eigenvalue weighted by Gasteiger charge is 2.18. The summed E-state index contributed by atoms with van der Waals surface area (Å²) >= 11 is 0. The first-order chi connectivity index (χ1) is 7.22. The molecular formula is C11H22N2O2. The number of amides is 2. The molecule has 88 valence electrons. The van der Waals surface area contributed by atoms with Crippen LogP contribution in [0.3, 0.4) is 0 Å². The molecule has 2 atom stereocenters. The molecule has 1 rings (SSSR count). The average molecular weight is 214 g/mol. The number of urea groups is 1. The fourth-order valence-electron chi connectivity index (χ4n) is 2.34. The summed E-state index contributed by atoms with van der Waals surface area (Å²) in [5.41, 5.74) is 2.24. The van der Waals surface area contributed by atoms with Crippen LogP contribution in [0.2, 0.25) is 0 Å². The molecule has 2 amide bonds. The van der Waals surface area contributed by atoms with Gasteiger partial charge in [0.05, 0.1) is 7.11 Å². The van der Waals surface area contributed by atoms with Crippen LogP contribution in [0, 0.1) is 11.8 Å². The first-order valence-electron chi connectivity index (χ1n) is 5.79. The second-order valence-electron chi connectivity index (χ2n) is 4.49. The second kappa shape index (κ2) is 6.67. The Balaban J connectivity index is 2.06. The maximum atomic E-state index is 11.0. The molecule has 15 heavy (non-hydrogen) atoms. The summed E-state index contributed by atoms with van der Waals surface area (Å²) in [4.78, 5) is 15.5. The molecule has 1 saturated carbocycles. The zero-order valence-electron chi connectivity index (χ0n) is 9.71. The van der Waals surface area contributed by atoms with Crippen LogP contribution < -0.4 is 10.8 Å². The summed E-state index contributed by atoms with van der Waals surface area (Å²) in [6, 6.07) is -0.249. The Labute approximate surface area is 91.7 Å². The van der Waals surface area contributed by atoms with Crippen LogP contribution in [-0.2, 0) is 4.84 Å². The molecule has 0 spiro atoms. The molecule has 0 bridgehead atoms. The number of hydrogen-bond acceptors (Lipinski definition) is 2. The maximum Gasteiger partial charge on any atom is 0.338 e. The van der Waals surface area contributed by atoms with Crippen molar-refractivity contribution in [2.24, 2.45) is 11.8 Å². The van der Waals surface area contributed by atoms with E-state index >= 15 is 0 Å². The van der Waals surface area contributed by atoms with Gasteiger partial charge in [0.1, 0.15) is 0 Å².